The minimum atomic E-state index is 0. The maximum absolute atomic E-state index is 5.89. The van der Waals surface area contributed by atoms with Gasteiger partial charge >= 0.3 is 0 Å². The molecule has 2 rings (SSSR count). The summed E-state index contributed by atoms with van der Waals surface area (Å²) >= 11 is 0. The third-order valence-corrected chi connectivity index (χ3v) is 3.55. The van der Waals surface area contributed by atoms with Crippen molar-refractivity contribution in [1.82, 2.24) is 4.90 Å². The molecule has 1 heterocycles. The van der Waals surface area contributed by atoms with Crippen LogP contribution in [0.2, 0.25) is 0 Å². The number of hydrogen-bond acceptors (Lipinski definition) is 2. The van der Waals surface area contributed by atoms with Crippen molar-refractivity contribution in [3.05, 3.63) is 0 Å². The molecule has 2 N–H and O–H groups in total. The van der Waals surface area contributed by atoms with Gasteiger partial charge in [-0.15, -0.1) is 24.8 Å². The van der Waals surface area contributed by atoms with E-state index in [0.717, 1.165) is 12.5 Å². The fourth-order valence-electron chi connectivity index (χ4n) is 2.76. The lowest BCUT2D eigenvalue weighted by atomic mass is 9.89. The minimum Gasteiger partial charge on any atom is -0.326 e. The molecule has 1 saturated carbocycles. The monoisotopic (exact) mass is 254 g/mol. The quantitative estimate of drug-likeness (QED) is 0.821. The van der Waals surface area contributed by atoms with E-state index in [4.69, 9.17) is 5.73 Å². The van der Waals surface area contributed by atoms with E-state index in [1.165, 1.54) is 51.6 Å². The summed E-state index contributed by atoms with van der Waals surface area (Å²) in [6.45, 7) is 3.72. The second-order valence-corrected chi connectivity index (χ2v) is 4.81. The number of halogens is 2. The largest absolute Gasteiger partial charge is 0.326 e. The maximum atomic E-state index is 5.89. The van der Waals surface area contributed by atoms with Gasteiger partial charge in [0.05, 0.1) is 0 Å². The zero-order valence-corrected chi connectivity index (χ0v) is 11.0. The molecule has 2 fully saturated rings. The Bertz CT molecular complexity index is 158. The number of rotatable bonds is 2. The van der Waals surface area contributed by atoms with E-state index in [-0.39, 0.29) is 24.8 Å². The van der Waals surface area contributed by atoms with E-state index in [0.29, 0.717) is 6.04 Å². The average Bonchev–Trinajstić information content (AvgIpc) is 2.53. The SMILES string of the molecule is Cl.Cl.N[C@@H]1CCN(CC2CCCCC2)C1. The lowest BCUT2D eigenvalue weighted by Gasteiger charge is -2.26. The smallest absolute Gasteiger partial charge is 0.0180 e. The highest BCUT2D eigenvalue weighted by atomic mass is 35.5. The van der Waals surface area contributed by atoms with E-state index in [2.05, 4.69) is 4.90 Å². The van der Waals surface area contributed by atoms with Crippen molar-refractivity contribution in [2.75, 3.05) is 19.6 Å². The number of hydrogen-bond donors (Lipinski definition) is 1. The Kier molecular flexibility index (Phi) is 7.98. The summed E-state index contributed by atoms with van der Waals surface area (Å²) in [5, 5.41) is 0. The summed E-state index contributed by atoms with van der Waals surface area (Å²) in [7, 11) is 0. The van der Waals surface area contributed by atoms with E-state index >= 15 is 0 Å². The Balaban J connectivity index is 0.000000980. The molecule has 1 saturated heterocycles. The number of nitrogens with zero attached hydrogens (tertiary/aromatic N) is 1. The van der Waals surface area contributed by atoms with E-state index < -0.39 is 0 Å². The van der Waals surface area contributed by atoms with Crippen LogP contribution in [-0.2, 0) is 0 Å². The van der Waals surface area contributed by atoms with Crippen molar-refractivity contribution in [1.29, 1.82) is 0 Å². The number of likely N-dealkylation sites (tertiary alicyclic amines) is 1. The van der Waals surface area contributed by atoms with Crippen LogP contribution in [0.25, 0.3) is 0 Å². The van der Waals surface area contributed by atoms with Gasteiger partial charge in [-0.05, 0) is 31.7 Å². The molecule has 92 valence electrons. The van der Waals surface area contributed by atoms with Gasteiger partial charge in [-0.2, -0.15) is 0 Å². The molecule has 1 atom stereocenters. The third kappa shape index (κ3) is 4.90. The molecule has 1 aliphatic heterocycles. The third-order valence-electron chi connectivity index (χ3n) is 3.55. The highest BCUT2D eigenvalue weighted by Crippen LogP contribution is 2.25. The molecule has 0 amide bonds. The van der Waals surface area contributed by atoms with Gasteiger partial charge in [-0.25, -0.2) is 0 Å². The molecule has 2 aliphatic rings. The first-order valence-corrected chi connectivity index (χ1v) is 5.82. The zero-order valence-electron chi connectivity index (χ0n) is 9.36. The lowest BCUT2D eigenvalue weighted by molar-refractivity contribution is 0.232. The van der Waals surface area contributed by atoms with Gasteiger partial charge in [0.1, 0.15) is 0 Å². The van der Waals surface area contributed by atoms with Crippen molar-refractivity contribution >= 4 is 24.8 Å². The average molecular weight is 255 g/mol. The molecular weight excluding hydrogens is 231 g/mol. The molecule has 2 nitrogen and oxygen atoms in total. The van der Waals surface area contributed by atoms with Crippen molar-refractivity contribution in [3.63, 3.8) is 0 Å². The lowest BCUT2D eigenvalue weighted by Crippen LogP contribution is -2.31. The molecule has 4 heteroatoms. The summed E-state index contributed by atoms with van der Waals surface area (Å²) in [5.41, 5.74) is 5.89. The fourth-order valence-corrected chi connectivity index (χ4v) is 2.76. The van der Waals surface area contributed by atoms with E-state index in [1.807, 2.05) is 0 Å². The molecule has 0 aromatic carbocycles. The number of nitrogens with two attached hydrogens (primary N) is 1. The van der Waals surface area contributed by atoms with Crippen LogP contribution in [0.3, 0.4) is 0 Å². The Hall–Kier alpha value is 0.500. The second-order valence-electron chi connectivity index (χ2n) is 4.81. The molecule has 0 radical (unpaired) electrons. The molecule has 0 spiro atoms. The topological polar surface area (TPSA) is 29.3 Å². The minimum absolute atomic E-state index is 0. The summed E-state index contributed by atoms with van der Waals surface area (Å²) < 4.78 is 0. The van der Waals surface area contributed by atoms with Gasteiger partial charge in [-0.1, -0.05) is 19.3 Å². The molecular formula is C11H24Cl2N2. The molecule has 0 aromatic heterocycles. The van der Waals surface area contributed by atoms with Crippen molar-refractivity contribution < 1.29 is 0 Å². The first-order chi connectivity index (χ1) is 6.34. The molecule has 1 aliphatic carbocycles. The highest BCUT2D eigenvalue weighted by molar-refractivity contribution is 5.85. The fraction of sp³-hybridized carbons (Fsp3) is 1.00. The van der Waals surface area contributed by atoms with Crippen molar-refractivity contribution in [2.24, 2.45) is 11.7 Å². The summed E-state index contributed by atoms with van der Waals surface area (Å²) in [4.78, 5) is 2.57. The van der Waals surface area contributed by atoms with Crippen molar-refractivity contribution in [3.8, 4) is 0 Å². The van der Waals surface area contributed by atoms with Gasteiger partial charge in [-0.3, -0.25) is 0 Å². The predicted octanol–water partition coefficient (Wildman–Crippen LogP) is 2.44. The first kappa shape index (κ1) is 15.5. The molecule has 0 aromatic rings. The standard InChI is InChI=1S/C11H22N2.2ClH/c12-11-6-7-13(9-11)8-10-4-2-1-3-5-10;;/h10-11H,1-9,12H2;2*1H/t11-;;/m1../s1. The predicted molar refractivity (Wildman–Crippen MR) is 70.1 cm³/mol. The van der Waals surface area contributed by atoms with Crippen LogP contribution in [-0.4, -0.2) is 30.6 Å². The van der Waals surface area contributed by atoms with Gasteiger partial charge in [0.25, 0.3) is 0 Å². The molecule has 0 bridgehead atoms. The summed E-state index contributed by atoms with van der Waals surface area (Å²) in [5.74, 6) is 0.985. The van der Waals surface area contributed by atoms with Crippen LogP contribution in [0.1, 0.15) is 38.5 Å². The van der Waals surface area contributed by atoms with Crippen LogP contribution in [0, 0.1) is 5.92 Å². The van der Waals surface area contributed by atoms with Gasteiger partial charge in [0.2, 0.25) is 0 Å². The van der Waals surface area contributed by atoms with Crippen LogP contribution < -0.4 is 5.73 Å². The molecule has 0 unspecified atom stereocenters. The van der Waals surface area contributed by atoms with Crippen LogP contribution in [0.5, 0.6) is 0 Å². The van der Waals surface area contributed by atoms with E-state index in [1.54, 1.807) is 0 Å². The second kappa shape index (κ2) is 7.72. The normalized spacial score (nSPS) is 28.2. The van der Waals surface area contributed by atoms with Crippen LogP contribution >= 0.6 is 24.8 Å². The van der Waals surface area contributed by atoms with Gasteiger partial charge in [0, 0.05) is 19.1 Å². The Morgan fingerprint density at radius 1 is 1.00 bits per heavy atom. The molecule has 15 heavy (non-hydrogen) atoms. The van der Waals surface area contributed by atoms with Gasteiger partial charge in [0.15, 0.2) is 0 Å². The Morgan fingerprint density at radius 2 is 1.67 bits per heavy atom. The summed E-state index contributed by atoms with van der Waals surface area (Å²) in [6, 6.07) is 0.462. The Morgan fingerprint density at radius 3 is 2.20 bits per heavy atom. The van der Waals surface area contributed by atoms with Crippen LogP contribution in [0.4, 0.5) is 0 Å². The first-order valence-electron chi connectivity index (χ1n) is 5.82. The summed E-state index contributed by atoms with van der Waals surface area (Å²) in [6.07, 6.45) is 8.54. The maximum Gasteiger partial charge on any atom is 0.0180 e. The van der Waals surface area contributed by atoms with Crippen LogP contribution in [0.15, 0.2) is 0 Å². The van der Waals surface area contributed by atoms with E-state index in [9.17, 15) is 0 Å². The zero-order chi connectivity index (χ0) is 9.10. The highest BCUT2D eigenvalue weighted by Gasteiger charge is 2.22. The Labute approximate surface area is 106 Å². The van der Waals surface area contributed by atoms with Crippen molar-refractivity contribution in [2.45, 2.75) is 44.6 Å². The van der Waals surface area contributed by atoms with Gasteiger partial charge < -0.3 is 10.6 Å².